The first-order valence-electron chi connectivity index (χ1n) is 11.2. The van der Waals surface area contributed by atoms with Gasteiger partial charge in [0.1, 0.15) is 17.6 Å². The van der Waals surface area contributed by atoms with E-state index in [4.69, 9.17) is 14.2 Å². The second kappa shape index (κ2) is 11.3. The van der Waals surface area contributed by atoms with Crippen LogP contribution in [0.1, 0.15) is 36.6 Å². The molecule has 0 bridgehead atoms. The number of aromatic hydroxyl groups is 1. The van der Waals surface area contributed by atoms with E-state index in [1.807, 2.05) is 31.2 Å². The maximum Gasteiger partial charge on any atom is 0.432 e. The summed E-state index contributed by atoms with van der Waals surface area (Å²) in [6, 6.07) is 19.2. The van der Waals surface area contributed by atoms with Gasteiger partial charge in [0, 0.05) is 12.7 Å². The Balaban J connectivity index is 1.98. The van der Waals surface area contributed by atoms with Crippen molar-refractivity contribution in [2.75, 3.05) is 7.11 Å². The lowest BCUT2D eigenvalue weighted by Gasteiger charge is -2.35. The number of phenols is 1. The van der Waals surface area contributed by atoms with E-state index in [0.717, 1.165) is 24.8 Å². The van der Waals surface area contributed by atoms with Crippen molar-refractivity contribution in [1.29, 1.82) is 0 Å². The number of rotatable bonds is 9. The van der Waals surface area contributed by atoms with Gasteiger partial charge in [-0.2, -0.15) is 13.2 Å². The molecule has 0 unspecified atom stereocenters. The van der Waals surface area contributed by atoms with Crippen LogP contribution in [-0.2, 0) is 19.9 Å². The summed E-state index contributed by atoms with van der Waals surface area (Å²) in [5.41, 5.74) is -2.49. The molecule has 0 radical (unpaired) electrons. The van der Waals surface area contributed by atoms with Crippen LogP contribution < -0.4 is 4.74 Å². The third-order valence-corrected chi connectivity index (χ3v) is 5.62. The summed E-state index contributed by atoms with van der Waals surface area (Å²) in [6.45, 7) is 3.47. The van der Waals surface area contributed by atoms with E-state index in [0.29, 0.717) is 11.3 Å². The SMILES string of the molecule is C/C=C/c1ccc(O[C@@H](C)[C@H](OC(=O)[C@@](OC)(c2ccccc2)C(F)(F)F)c2ccc(O)cc2)cc1. The summed E-state index contributed by atoms with van der Waals surface area (Å²) in [7, 11) is 0.809. The number of carbonyl (C=O) groups excluding carboxylic acids is 1. The molecule has 5 nitrogen and oxygen atoms in total. The number of phenolic OH excluding ortho intramolecular Hbond substituents is 1. The maximum absolute atomic E-state index is 14.4. The van der Waals surface area contributed by atoms with E-state index >= 15 is 0 Å². The van der Waals surface area contributed by atoms with Crippen molar-refractivity contribution in [2.45, 2.75) is 37.8 Å². The zero-order valence-corrected chi connectivity index (χ0v) is 20.0. The Labute approximate surface area is 207 Å². The summed E-state index contributed by atoms with van der Waals surface area (Å²) < 4.78 is 59.4. The molecule has 3 aromatic rings. The summed E-state index contributed by atoms with van der Waals surface area (Å²) in [5, 5.41) is 9.67. The average molecular weight is 501 g/mol. The van der Waals surface area contributed by atoms with Crippen LogP contribution in [0.15, 0.2) is 84.9 Å². The van der Waals surface area contributed by atoms with Gasteiger partial charge < -0.3 is 19.3 Å². The van der Waals surface area contributed by atoms with E-state index in [-0.39, 0.29) is 5.75 Å². The smallest absolute Gasteiger partial charge is 0.432 e. The molecule has 0 spiro atoms. The van der Waals surface area contributed by atoms with Crippen LogP contribution in [0.2, 0.25) is 0 Å². The largest absolute Gasteiger partial charge is 0.508 e. The molecule has 3 aromatic carbocycles. The topological polar surface area (TPSA) is 65.0 Å². The number of alkyl halides is 3. The molecule has 190 valence electrons. The van der Waals surface area contributed by atoms with Gasteiger partial charge in [0.2, 0.25) is 0 Å². The molecule has 0 saturated carbocycles. The summed E-state index contributed by atoms with van der Waals surface area (Å²) >= 11 is 0. The molecule has 0 saturated heterocycles. The van der Waals surface area contributed by atoms with Crippen LogP contribution in [0, 0.1) is 0 Å². The number of benzene rings is 3. The van der Waals surface area contributed by atoms with Crippen molar-refractivity contribution in [3.8, 4) is 11.5 Å². The standard InChI is InChI=1S/C28H27F3O5/c1-4-8-20-11-17-24(18-12-20)35-19(2)25(21-13-15-23(32)16-14-21)36-26(33)27(34-3,28(29,30)31)22-9-6-5-7-10-22/h4-19,25,32H,1-3H3/b8-4+/t19-,25-,27-/m0/s1. The summed E-state index contributed by atoms with van der Waals surface area (Å²) in [5.74, 6) is -1.25. The second-order valence-corrected chi connectivity index (χ2v) is 8.06. The predicted molar refractivity (Wildman–Crippen MR) is 129 cm³/mol. The fraction of sp³-hybridized carbons (Fsp3) is 0.250. The number of methoxy groups -OCH3 is 1. The van der Waals surface area contributed by atoms with Crippen molar-refractivity contribution >= 4 is 12.0 Å². The normalized spacial score (nSPS) is 15.2. The molecule has 1 N–H and O–H groups in total. The zero-order valence-electron chi connectivity index (χ0n) is 20.0. The Morgan fingerprint density at radius 3 is 2.08 bits per heavy atom. The molecule has 0 aliphatic heterocycles. The highest BCUT2D eigenvalue weighted by Crippen LogP contribution is 2.44. The minimum atomic E-state index is -5.12. The van der Waals surface area contributed by atoms with E-state index in [9.17, 15) is 23.1 Å². The minimum absolute atomic E-state index is 0.0530. The van der Waals surface area contributed by atoms with Gasteiger partial charge in [0.15, 0.2) is 6.10 Å². The van der Waals surface area contributed by atoms with Gasteiger partial charge >= 0.3 is 12.1 Å². The summed E-state index contributed by atoms with van der Waals surface area (Å²) in [6.07, 6.45) is -3.49. The quantitative estimate of drug-likeness (QED) is 0.336. The molecule has 0 amide bonds. The fourth-order valence-electron chi connectivity index (χ4n) is 3.81. The number of hydrogen-bond acceptors (Lipinski definition) is 5. The number of carbonyl (C=O) groups is 1. The van der Waals surface area contributed by atoms with E-state index < -0.39 is 35.5 Å². The Hall–Kier alpha value is -3.78. The highest BCUT2D eigenvalue weighted by atomic mass is 19.4. The van der Waals surface area contributed by atoms with Crippen LogP contribution in [0.3, 0.4) is 0 Å². The Morgan fingerprint density at radius 2 is 1.56 bits per heavy atom. The maximum atomic E-state index is 14.4. The molecule has 0 aliphatic carbocycles. The molecular weight excluding hydrogens is 473 g/mol. The van der Waals surface area contributed by atoms with Gasteiger partial charge in [-0.15, -0.1) is 0 Å². The van der Waals surface area contributed by atoms with Gasteiger partial charge in [-0.25, -0.2) is 4.79 Å². The molecular formula is C28H27F3O5. The van der Waals surface area contributed by atoms with E-state index in [2.05, 4.69) is 0 Å². The Kier molecular flexibility index (Phi) is 8.42. The lowest BCUT2D eigenvalue weighted by Crippen LogP contribution is -2.52. The van der Waals surface area contributed by atoms with Gasteiger partial charge in [0.25, 0.3) is 5.60 Å². The van der Waals surface area contributed by atoms with Crippen LogP contribution in [0.25, 0.3) is 6.08 Å². The lowest BCUT2D eigenvalue weighted by atomic mass is 9.92. The molecule has 36 heavy (non-hydrogen) atoms. The van der Waals surface area contributed by atoms with Crippen LogP contribution >= 0.6 is 0 Å². The minimum Gasteiger partial charge on any atom is -0.508 e. The van der Waals surface area contributed by atoms with Gasteiger partial charge in [-0.05, 0) is 49.2 Å². The Morgan fingerprint density at radius 1 is 0.944 bits per heavy atom. The molecule has 0 heterocycles. The highest BCUT2D eigenvalue weighted by Gasteiger charge is 2.64. The van der Waals surface area contributed by atoms with Crippen LogP contribution in [-0.4, -0.2) is 30.5 Å². The van der Waals surface area contributed by atoms with E-state index in [1.54, 1.807) is 19.1 Å². The van der Waals surface area contributed by atoms with Crippen molar-refractivity contribution in [3.05, 3.63) is 102 Å². The predicted octanol–water partition coefficient (Wildman–Crippen LogP) is 6.58. The lowest BCUT2D eigenvalue weighted by molar-refractivity contribution is -0.279. The highest BCUT2D eigenvalue weighted by molar-refractivity contribution is 5.83. The number of allylic oxidation sites excluding steroid dienone is 1. The van der Waals surface area contributed by atoms with Crippen molar-refractivity contribution in [2.24, 2.45) is 0 Å². The monoisotopic (exact) mass is 500 g/mol. The van der Waals surface area contributed by atoms with Gasteiger partial charge in [0.05, 0.1) is 0 Å². The van der Waals surface area contributed by atoms with Crippen molar-refractivity contribution in [3.63, 3.8) is 0 Å². The molecule has 0 aromatic heterocycles. The van der Waals surface area contributed by atoms with Crippen LogP contribution in [0.5, 0.6) is 11.5 Å². The van der Waals surface area contributed by atoms with E-state index in [1.165, 1.54) is 42.5 Å². The molecule has 8 heteroatoms. The van der Waals surface area contributed by atoms with Crippen molar-refractivity contribution in [1.82, 2.24) is 0 Å². The third-order valence-electron chi connectivity index (χ3n) is 5.62. The molecule has 0 fully saturated rings. The summed E-state index contributed by atoms with van der Waals surface area (Å²) in [4.78, 5) is 13.3. The average Bonchev–Trinajstić information content (AvgIpc) is 2.85. The van der Waals surface area contributed by atoms with Gasteiger partial charge in [-0.3, -0.25) is 0 Å². The first-order valence-corrected chi connectivity index (χ1v) is 11.2. The molecule has 3 atom stereocenters. The van der Waals surface area contributed by atoms with Crippen molar-refractivity contribution < 1.29 is 37.3 Å². The second-order valence-electron chi connectivity index (χ2n) is 8.06. The number of ether oxygens (including phenoxy) is 3. The number of hydrogen-bond donors (Lipinski definition) is 1. The Bertz CT molecular complexity index is 1160. The first-order chi connectivity index (χ1) is 17.1. The fourth-order valence-corrected chi connectivity index (χ4v) is 3.81. The molecule has 0 aliphatic rings. The number of esters is 1. The third kappa shape index (κ3) is 5.71. The van der Waals surface area contributed by atoms with Crippen LogP contribution in [0.4, 0.5) is 13.2 Å². The number of halogens is 3. The molecule has 3 rings (SSSR count). The van der Waals surface area contributed by atoms with Gasteiger partial charge in [-0.1, -0.05) is 66.7 Å². The first kappa shape index (κ1) is 26.8. The zero-order chi connectivity index (χ0) is 26.3.